The van der Waals surface area contributed by atoms with Crippen LogP contribution in [0.1, 0.15) is 50.5 Å². The normalized spacial score (nSPS) is 18.7. The van der Waals surface area contributed by atoms with Crippen molar-refractivity contribution >= 4 is 29.1 Å². The molecule has 3 amide bonds. The van der Waals surface area contributed by atoms with Crippen molar-refractivity contribution in [1.82, 2.24) is 4.90 Å². The quantitative estimate of drug-likeness (QED) is 0.613. The first-order chi connectivity index (χ1) is 16.9. The number of nitrogens with one attached hydrogen (secondary N) is 2. The molecule has 4 rings (SSSR count). The molecular weight excluding hydrogens is 452 g/mol. The lowest BCUT2D eigenvalue weighted by Crippen LogP contribution is -2.44. The second kappa shape index (κ2) is 11.4. The molecule has 1 aliphatic carbocycles. The van der Waals surface area contributed by atoms with Crippen LogP contribution in [0, 0.1) is 23.5 Å². The van der Waals surface area contributed by atoms with Gasteiger partial charge in [-0.3, -0.25) is 14.4 Å². The minimum atomic E-state index is -0.553. The van der Waals surface area contributed by atoms with E-state index in [-0.39, 0.29) is 41.6 Å². The molecule has 1 atom stereocenters. The van der Waals surface area contributed by atoms with Gasteiger partial charge in [0, 0.05) is 24.7 Å². The summed E-state index contributed by atoms with van der Waals surface area (Å²) in [6.45, 7) is 0.857. The summed E-state index contributed by atoms with van der Waals surface area (Å²) in [6.07, 6.45) is 6.22. The molecule has 186 valence electrons. The van der Waals surface area contributed by atoms with E-state index < -0.39 is 11.7 Å². The topological polar surface area (TPSA) is 78.5 Å². The first kappa shape index (κ1) is 24.8. The maximum Gasteiger partial charge on any atom is 0.229 e. The van der Waals surface area contributed by atoms with Crippen LogP contribution in [0.2, 0.25) is 0 Å². The predicted octanol–water partition coefficient (Wildman–Crippen LogP) is 4.90. The first-order valence-electron chi connectivity index (χ1n) is 12.3. The molecule has 2 fully saturated rings. The Morgan fingerprint density at radius 1 is 0.829 bits per heavy atom. The molecule has 2 aromatic rings. The Kier molecular flexibility index (Phi) is 8.10. The molecule has 2 aliphatic rings. The van der Waals surface area contributed by atoms with Crippen molar-refractivity contribution in [3.63, 3.8) is 0 Å². The zero-order valence-electron chi connectivity index (χ0n) is 19.7. The number of hydrogen-bond acceptors (Lipinski definition) is 3. The predicted molar refractivity (Wildman–Crippen MR) is 130 cm³/mol. The molecule has 2 aromatic carbocycles. The highest BCUT2D eigenvalue weighted by Gasteiger charge is 2.29. The molecule has 6 nitrogen and oxygen atoms in total. The van der Waals surface area contributed by atoms with E-state index >= 15 is 0 Å². The Hall–Kier alpha value is -3.29. The maximum atomic E-state index is 14.3. The van der Waals surface area contributed by atoms with Crippen LogP contribution in [0.3, 0.4) is 0 Å². The Bertz CT molecular complexity index is 1070. The van der Waals surface area contributed by atoms with E-state index in [4.69, 9.17) is 0 Å². The Morgan fingerprint density at radius 2 is 1.51 bits per heavy atom. The highest BCUT2D eigenvalue weighted by Crippen LogP contribution is 2.27. The van der Waals surface area contributed by atoms with E-state index in [9.17, 15) is 23.2 Å². The third kappa shape index (κ3) is 6.65. The Balaban J connectivity index is 1.34. The molecule has 8 heteroatoms. The molecule has 0 bridgehead atoms. The summed E-state index contributed by atoms with van der Waals surface area (Å²) in [5.74, 6) is -1.96. The third-order valence-electron chi connectivity index (χ3n) is 6.88. The summed E-state index contributed by atoms with van der Waals surface area (Å²) >= 11 is 0. The average Bonchev–Trinajstić information content (AvgIpc) is 2.88. The minimum absolute atomic E-state index is 0.0538. The second-order valence-electron chi connectivity index (χ2n) is 9.49. The van der Waals surface area contributed by atoms with Gasteiger partial charge in [-0.05, 0) is 61.6 Å². The summed E-state index contributed by atoms with van der Waals surface area (Å²) in [5, 5.41) is 5.49. The van der Waals surface area contributed by atoms with Gasteiger partial charge in [0.15, 0.2) is 0 Å². The van der Waals surface area contributed by atoms with Crippen LogP contribution in [0.25, 0.3) is 0 Å². The number of carbonyl (C=O) groups is 3. The Morgan fingerprint density at radius 3 is 2.26 bits per heavy atom. The van der Waals surface area contributed by atoms with Gasteiger partial charge in [-0.25, -0.2) is 8.78 Å². The fourth-order valence-corrected chi connectivity index (χ4v) is 4.85. The zero-order chi connectivity index (χ0) is 24.8. The first-order valence-corrected chi connectivity index (χ1v) is 12.3. The number of benzene rings is 2. The highest BCUT2D eigenvalue weighted by atomic mass is 19.1. The number of piperidine rings is 1. The third-order valence-corrected chi connectivity index (χ3v) is 6.88. The lowest BCUT2D eigenvalue weighted by Gasteiger charge is -2.32. The number of likely N-dealkylation sites (tertiary alicyclic amines) is 1. The van der Waals surface area contributed by atoms with Crippen molar-refractivity contribution in [1.29, 1.82) is 0 Å². The van der Waals surface area contributed by atoms with Gasteiger partial charge < -0.3 is 15.5 Å². The Labute approximate surface area is 204 Å². The van der Waals surface area contributed by atoms with Crippen molar-refractivity contribution < 1.29 is 23.2 Å². The van der Waals surface area contributed by atoms with Crippen LogP contribution in [-0.4, -0.2) is 35.7 Å². The van der Waals surface area contributed by atoms with Gasteiger partial charge in [0.05, 0.1) is 18.0 Å². The molecule has 1 heterocycles. The van der Waals surface area contributed by atoms with E-state index in [0.717, 1.165) is 37.7 Å². The molecule has 0 spiro atoms. The van der Waals surface area contributed by atoms with E-state index in [1.807, 2.05) is 0 Å². The van der Waals surface area contributed by atoms with Crippen molar-refractivity contribution in [3.05, 3.63) is 59.7 Å². The molecule has 35 heavy (non-hydrogen) atoms. The summed E-state index contributed by atoms with van der Waals surface area (Å²) in [5.41, 5.74) is 1.17. The smallest absolute Gasteiger partial charge is 0.229 e. The van der Waals surface area contributed by atoms with Crippen LogP contribution < -0.4 is 10.6 Å². The van der Waals surface area contributed by atoms with Gasteiger partial charge in [0.2, 0.25) is 17.7 Å². The van der Waals surface area contributed by atoms with Crippen molar-refractivity contribution in [2.45, 2.75) is 51.4 Å². The van der Waals surface area contributed by atoms with E-state index in [1.165, 1.54) is 30.3 Å². The number of amides is 3. The fraction of sp³-hybridized carbons (Fsp3) is 0.444. The van der Waals surface area contributed by atoms with Crippen molar-refractivity contribution in [3.8, 4) is 0 Å². The van der Waals surface area contributed by atoms with Crippen LogP contribution in [-0.2, 0) is 20.8 Å². The van der Waals surface area contributed by atoms with Gasteiger partial charge in [-0.15, -0.1) is 0 Å². The second-order valence-corrected chi connectivity index (χ2v) is 9.49. The number of rotatable bonds is 6. The highest BCUT2D eigenvalue weighted by molar-refractivity contribution is 5.96. The largest absolute Gasteiger partial charge is 0.342 e. The molecule has 0 aromatic heterocycles. The van der Waals surface area contributed by atoms with Crippen LogP contribution >= 0.6 is 0 Å². The molecule has 1 unspecified atom stereocenters. The van der Waals surface area contributed by atoms with Crippen LogP contribution in [0.4, 0.5) is 20.2 Å². The summed E-state index contributed by atoms with van der Waals surface area (Å²) < 4.78 is 27.4. The number of hydrogen-bond donors (Lipinski definition) is 2. The maximum absolute atomic E-state index is 14.3. The monoisotopic (exact) mass is 483 g/mol. The van der Waals surface area contributed by atoms with Gasteiger partial charge in [-0.2, -0.15) is 0 Å². The minimum Gasteiger partial charge on any atom is -0.342 e. The van der Waals surface area contributed by atoms with Crippen molar-refractivity contribution in [2.75, 3.05) is 23.7 Å². The molecule has 2 N–H and O–H groups in total. The van der Waals surface area contributed by atoms with E-state index in [1.54, 1.807) is 17.0 Å². The summed E-state index contributed by atoms with van der Waals surface area (Å²) in [4.78, 5) is 39.8. The van der Waals surface area contributed by atoms with Gasteiger partial charge in [-0.1, -0.05) is 31.4 Å². The number of nitrogens with zero attached hydrogens (tertiary/aromatic N) is 1. The molecule has 1 saturated heterocycles. The lowest BCUT2D eigenvalue weighted by atomic mass is 9.88. The molecule has 1 aliphatic heterocycles. The zero-order valence-corrected chi connectivity index (χ0v) is 19.7. The van der Waals surface area contributed by atoms with Gasteiger partial charge in [0.25, 0.3) is 0 Å². The van der Waals surface area contributed by atoms with Gasteiger partial charge in [0.1, 0.15) is 11.6 Å². The molecule has 0 radical (unpaired) electrons. The SMILES string of the molecule is O=C(Nc1ccc(F)c(NC(=O)C2CCCCC2)c1)C1CCCN(C(=O)Cc2ccc(F)cc2)C1. The number of carbonyl (C=O) groups excluding carboxylic acids is 3. The lowest BCUT2D eigenvalue weighted by molar-refractivity contribution is -0.134. The summed E-state index contributed by atoms with van der Waals surface area (Å²) in [6, 6.07) is 9.94. The number of halogens is 2. The van der Waals surface area contributed by atoms with Crippen LogP contribution in [0.15, 0.2) is 42.5 Å². The standard InChI is InChI=1S/C27H31F2N3O3/c28-21-10-8-18(9-11-21)15-25(33)32-14-4-7-20(17-32)27(35)30-22-12-13-23(29)24(16-22)31-26(34)19-5-2-1-3-6-19/h8-13,16,19-20H,1-7,14-15,17H2,(H,30,35)(H,31,34). The fourth-order valence-electron chi connectivity index (χ4n) is 4.85. The summed E-state index contributed by atoms with van der Waals surface area (Å²) in [7, 11) is 0. The van der Waals surface area contributed by atoms with E-state index in [0.29, 0.717) is 31.6 Å². The average molecular weight is 484 g/mol. The van der Waals surface area contributed by atoms with E-state index in [2.05, 4.69) is 10.6 Å². The molecule has 1 saturated carbocycles. The molecular formula is C27H31F2N3O3. The van der Waals surface area contributed by atoms with Crippen molar-refractivity contribution in [2.24, 2.45) is 11.8 Å². The number of anilines is 2. The van der Waals surface area contributed by atoms with Gasteiger partial charge >= 0.3 is 0 Å². The van der Waals surface area contributed by atoms with Crippen LogP contribution in [0.5, 0.6) is 0 Å².